The maximum atomic E-state index is 12.2. The molecular formula is C18H17N3O. The number of hydrogen-bond donors (Lipinski definition) is 0. The van der Waals surface area contributed by atoms with Gasteiger partial charge in [-0.1, -0.05) is 0 Å². The van der Waals surface area contributed by atoms with Crippen molar-refractivity contribution in [2.45, 2.75) is 6.92 Å². The highest BCUT2D eigenvalue weighted by atomic mass is 16.1. The molecule has 1 aromatic carbocycles. The third-order valence-corrected chi connectivity index (χ3v) is 3.50. The van der Waals surface area contributed by atoms with Gasteiger partial charge in [-0.3, -0.25) is 9.48 Å². The van der Waals surface area contributed by atoms with Crippen molar-refractivity contribution in [3.63, 3.8) is 0 Å². The van der Waals surface area contributed by atoms with E-state index >= 15 is 0 Å². The highest BCUT2D eigenvalue weighted by Crippen LogP contribution is 2.12. The molecule has 4 nitrogen and oxygen atoms in total. The van der Waals surface area contributed by atoms with Gasteiger partial charge in [0.05, 0.1) is 11.4 Å². The van der Waals surface area contributed by atoms with Gasteiger partial charge in [0.15, 0.2) is 5.78 Å². The van der Waals surface area contributed by atoms with E-state index < -0.39 is 0 Å². The zero-order valence-electron chi connectivity index (χ0n) is 12.6. The summed E-state index contributed by atoms with van der Waals surface area (Å²) in [7, 11) is 1.86. The summed E-state index contributed by atoms with van der Waals surface area (Å²) in [5.74, 6) is -0.0158. The predicted molar refractivity (Wildman–Crippen MR) is 87.1 cm³/mol. The summed E-state index contributed by atoms with van der Waals surface area (Å²) in [5, 5.41) is 4.25. The lowest BCUT2D eigenvalue weighted by molar-refractivity contribution is 0.104. The van der Waals surface area contributed by atoms with E-state index in [0.717, 1.165) is 17.1 Å². The molecular weight excluding hydrogens is 274 g/mol. The van der Waals surface area contributed by atoms with Crippen LogP contribution in [0.2, 0.25) is 0 Å². The quantitative estimate of drug-likeness (QED) is 0.546. The predicted octanol–water partition coefficient (Wildman–Crippen LogP) is 3.42. The van der Waals surface area contributed by atoms with Crippen LogP contribution < -0.4 is 0 Å². The Balaban J connectivity index is 1.76. The molecule has 22 heavy (non-hydrogen) atoms. The topological polar surface area (TPSA) is 39.8 Å². The molecule has 4 heteroatoms. The number of aryl methyl sites for hydroxylation is 2. The van der Waals surface area contributed by atoms with E-state index in [0.29, 0.717) is 5.56 Å². The Labute approximate surface area is 129 Å². The van der Waals surface area contributed by atoms with E-state index in [1.807, 2.05) is 73.4 Å². The minimum Gasteiger partial charge on any atom is -0.324 e. The van der Waals surface area contributed by atoms with Crippen molar-refractivity contribution < 1.29 is 4.79 Å². The van der Waals surface area contributed by atoms with Gasteiger partial charge >= 0.3 is 0 Å². The molecule has 110 valence electrons. The Kier molecular flexibility index (Phi) is 3.74. The lowest BCUT2D eigenvalue weighted by Gasteiger charge is -2.03. The molecule has 0 bridgehead atoms. The molecule has 0 aliphatic rings. The minimum atomic E-state index is -0.0158. The van der Waals surface area contributed by atoms with E-state index in [2.05, 4.69) is 5.10 Å². The number of benzene rings is 1. The number of nitrogens with zero attached hydrogens (tertiary/aromatic N) is 3. The van der Waals surface area contributed by atoms with Crippen LogP contribution >= 0.6 is 0 Å². The molecule has 3 aromatic rings. The second-order valence-electron chi connectivity index (χ2n) is 5.17. The molecule has 2 heterocycles. The molecule has 0 saturated heterocycles. The van der Waals surface area contributed by atoms with Crippen LogP contribution in [0.25, 0.3) is 11.8 Å². The monoisotopic (exact) mass is 291 g/mol. The number of carbonyl (C=O) groups excluding carboxylic acids is 1. The molecule has 0 N–H and O–H groups in total. The van der Waals surface area contributed by atoms with Gasteiger partial charge in [-0.2, -0.15) is 5.10 Å². The van der Waals surface area contributed by atoms with Crippen LogP contribution in [0.5, 0.6) is 0 Å². The van der Waals surface area contributed by atoms with Gasteiger partial charge < -0.3 is 4.57 Å². The first-order valence-electron chi connectivity index (χ1n) is 7.10. The van der Waals surface area contributed by atoms with Gasteiger partial charge in [-0.15, -0.1) is 0 Å². The Morgan fingerprint density at radius 1 is 1.14 bits per heavy atom. The fourth-order valence-electron chi connectivity index (χ4n) is 2.35. The summed E-state index contributed by atoms with van der Waals surface area (Å²) in [4.78, 5) is 12.2. The number of aromatic nitrogens is 3. The highest BCUT2D eigenvalue weighted by Gasteiger charge is 2.04. The van der Waals surface area contributed by atoms with Gasteiger partial charge in [0.25, 0.3) is 0 Å². The van der Waals surface area contributed by atoms with Gasteiger partial charge in [0.2, 0.25) is 0 Å². The summed E-state index contributed by atoms with van der Waals surface area (Å²) in [6.45, 7) is 1.93. The third kappa shape index (κ3) is 2.91. The first-order chi connectivity index (χ1) is 10.6. The Morgan fingerprint density at radius 2 is 1.82 bits per heavy atom. The Bertz CT molecular complexity index is 809. The Morgan fingerprint density at radius 3 is 2.41 bits per heavy atom. The van der Waals surface area contributed by atoms with Crippen LogP contribution in [-0.2, 0) is 7.05 Å². The first-order valence-corrected chi connectivity index (χ1v) is 7.10. The van der Waals surface area contributed by atoms with Crippen LogP contribution in [-0.4, -0.2) is 20.1 Å². The molecule has 0 aliphatic carbocycles. The summed E-state index contributed by atoms with van der Waals surface area (Å²) >= 11 is 0. The van der Waals surface area contributed by atoms with Crippen LogP contribution in [0.3, 0.4) is 0 Å². The smallest absolute Gasteiger partial charge is 0.185 e. The third-order valence-electron chi connectivity index (χ3n) is 3.50. The lowest BCUT2D eigenvalue weighted by atomic mass is 10.1. The largest absolute Gasteiger partial charge is 0.324 e. The average molecular weight is 291 g/mol. The molecule has 3 rings (SSSR count). The molecule has 0 atom stereocenters. The zero-order valence-corrected chi connectivity index (χ0v) is 12.6. The zero-order chi connectivity index (χ0) is 15.5. The van der Waals surface area contributed by atoms with Crippen molar-refractivity contribution in [3.05, 3.63) is 77.9 Å². The van der Waals surface area contributed by atoms with Gasteiger partial charge in [0, 0.05) is 30.7 Å². The highest BCUT2D eigenvalue weighted by molar-refractivity contribution is 6.06. The number of rotatable bonds is 4. The van der Waals surface area contributed by atoms with Crippen molar-refractivity contribution in [1.29, 1.82) is 0 Å². The van der Waals surface area contributed by atoms with Gasteiger partial charge in [-0.25, -0.2) is 0 Å². The van der Waals surface area contributed by atoms with E-state index in [1.165, 1.54) is 0 Å². The standard InChI is InChI=1S/C18H17N3O/c1-14-13-17(20(2)19-14)9-10-18(22)15-5-7-16(8-6-15)21-11-3-4-12-21/h3-13H,1-2H3/b10-9+. The van der Waals surface area contributed by atoms with Gasteiger partial charge in [-0.05, 0) is 61.5 Å². The van der Waals surface area contributed by atoms with E-state index in [-0.39, 0.29) is 5.78 Å². The second kappa shape index (κ2) is 5.85. The van der Waals surface area contributed by atoms with Crippen molar-refractivity contribution in [1.82, 2.24) is 14.3 Å². The summed E-state index contributed by atoms with van der Waals surface area (Å²) in [5.41, 5.74) is 3.55. The lowest BCUT2D eigenvalue weighted by Crippen LogP contribution is -1.97. The second-order valence-corrected chi connectivity index (χ2v) is 5.17. The molecule has 0 unspecified atom stereocenters. The van der Waals surface area contributed by atoms with Crippen LogP contribution in [0.4, 0.5) is 0 Å². The van der Waals surface area contributed by atoms with Crippen molar-refractivity contribution >= 4 is 11.9 Å². The molecule has 0 amide bonds. The van der Waals surface area contributed by atoms with Crippen molar-refractivity contribution in [3.8, 4) is 5.69 Å². The SMILES string of the molecule is Cc1cc(/C=C/C(=O)c2ccc(-n3cccc3)cc2)n(C)n1. The first kappa shape index (κ1) is 14.1. The average Bonchev–Trinajstić information content (AvgIpc) is 3.15. The van der Waals surface area contributed by atoms with Crippen molar-refractivity contribution in [2.24, 2.45) is 7.05 Å². The number of hydrogen-bond acceptors (Lipinski definition) is 2. The minimum absolute atomic E-state index is 0.0158. The summed E-state index contributed by atoms with van der Waals surface area (Å²) in [6.07, 6.45) is 7.33. The molecule has 0 radical (unpaired) electrons. The molecule has 0 saturated carbocycles. The van der Waals surface area contributed by atoms with Gasteiger partial charge in [0.1, 0.15) is 0 Å². The van der Waals surface area contributed by atoms with E-state index in [4.69, 9.17) is 0 Å². The van der Waals surface area contributed by atoms with Crippen LogP contribution in [0.1, 0.15) is 21.7 Å². The fourth-order valence-corrected chi connectivity index (χ4v) is 2.35. The summed E-state index contributed by atoms with van der Waals surface area (Å²) in [6, 6.07) is 13.5. The molecule has 2 aromatic heterocycles. The number of allylic oxidation sites excluding steroid dienone is 1. The van der Waals surface area contributed by atoms with E-state index in [1.54, 1.807) is 16.8 Å². The number of ketones is 1. The molecule has 0 fully saturated rings. The van der Waals surface area contributed by atoms with E-state index in [9.17, 15) is 4.79 Å². The molecule has 0 aliphatic heterocycles. The normalized spacial score (nSPS) is 11.2. The fraction of sp³-hybridized carbons (Fsp3) is 0.111. The Hall–Kier alpha value is -2.88. The summed E-state index contributed by atoms with van der Waals surface area (Å²) < 4.78 is 3.76. The number of carbonyl (C=O) groups is 1. The maximum Gasteiger partial charge on any atom is 0.185 e. The maximum absolute atomic E-state index is 12.2. The van der Waals surface area contributed by atoms with Crippen LogP contribution in [0.15, 0.2) is 60.9 Å². The molecule has 0 spiro atoms. The van der Waals surface area contributed by atoms with Crippen molar-refractivity contribution in [2.75, 3.05) is 0 Å². The van der Waals surface area contributed by atoms with Crippen LogP contribution in [0, 0.1) is 6.92 Å².